The van der Waals surface area contributed by atoms with E-state index in [9.17, 15) is 24.3 Å². The number of benzene rings is 3. The second kappa shape index (κ2) is 9.10. The molecule has 3 aromatic carbocycles. The van der Waals surface area contributed by atoms with Crippen LogP contribution in [0.25, 0.3) is 16.8 Å². The van der Waals surface area contributed by atoms with Crippen molar-refractivity contribution >= 4 is 45.9 Å². The van der Waals surface area contributed by atoms with Gasteiger partial charge in [0.15, 0.2) is 11.6 Å². The van der Waals surface area contributed by atoms with Crippen LogP contribution in [0, 0.1) is 17.8 Å². The predicted octanol–water partition coefficient (Wildman–Crippen LogP) is 5.82. The normalized spacial score (nSPS) is 25.5. The maximum absolute atomic E-state index is 14.1. The second-order valence-corrected chi connectivity index (χ2v) is 11.3. The van der Waals surface area contributed by atoms with E-state index in [0.29, 0.717) is 34.2 Å². The number of amides is 2. The fraction of sp³-hybridized carbons (Fsp3) is 0.200. The number of allylic oxidation sites excluding steroid dienone is 6. The number of aromatic hydroxyl groups is 1. The number of hydrogen-bond acceptors (Lipinski definition) is 5. The van der Waals surface area contributed by atoms with Crippen LogP contribution in [-0.4, -0.2) is 28.5 Å². The topological polar surface area (TPSA) is 91.8 Å². The zero-order valence-electron chi connectivity index (χ0n) is 22.5. The van der Waals surface area contributed by atoms with Crippen molar-refractivity contribution in [1.29, 1.82) is 0 Å². The Morgan fingerprint density at radius 3 is 2.37 bits per heavy atom. The van der Waals surface area contributed by atoms with Gasteiger partial charge in [0.05, 0.1) is 17.5 Å². The van der Waals surface area contributed by atoms with Gasteiger partial charge in [0.2, 0.25) is 11.8 Å². The van der Waals surface area contributed by atoms with Gasteiger partial charge in [-0.1, -0.05) is 66.8 Å². The first-order valence-corrected chi connectivity index (χ1v) is 13.8. The monoisotopic (exact) mass is 541 g/mol. The first-order valence-electron chi connectivity index (χ1n) is 13.8. The molecule has 3 aliphatic carbocycles. The molecule has 1 aliphatic heterocycles. The van der Waals surface area contributed by atoms with E-state index in [-0.39, 0.29) is 35.6 Å². The predicted molar refractivity (Wildman–Crippen MR) is 156 cm³/mol. The molecule has 0 aromatic heterocycles. The van der Waals surface area contributed by atoms with Crippen molar-refractivity contribution in [3.8, 4) is 5.75 Å². The lowest BCUT2D eigenvalue weighted by atomic mass is 9.59. The van der Waals surface area contributed by atoms with Gasteiger partial charge in [-0.3, -0.25) is 24.1 Å². The highest BCUT2D eigenvalue weighted by atomic mass is 16.3. The minimum Gasteiger partial charge on any atom is -0.507 e. The highest BCUT2D eigenvalue weighted by Gasteiger charge is 2.56. The molecule has 0 spiro atoms. The van der Waals surface area contributed by atoms with Gasteiger partial charge < -0.3 is 5.11 Å². The number of rotatable bonds is 3. The van der Waals surface area contributed by atoms with Crippen LogP contribution in [0.4, 0.5) is 5.69 Å². The summed E-state index contributed by atoms with van der Waals surface area (Å²) in [6, 6.07) is 18.0. The summed E-state index contributed by atoms with van der Waals surface area (Å²) >= 11 is 0. The van der Waals surface area contributed by atoms with Crippen molar-refractivity contribution in [2.75, 3.05) is 4.90 Å². The molecule has 6 heteroatoms. The number of carbonyl (C=O) groups excluding carboxylic acids is 4. The van der Waals surface area contributed by atoms with Crippen LogP contribution in [0.2, 0.25) is 0 Å². The number of fused-ring (bicyclic) bond motifs is 4. The fourth-order valence-electron chi connectivity index (χ4n) is 7.29. The van der Waals surface area contributed by atoms with Crippen LogP contribution in [0.15, 0.2) is 102 Å². The van der Waals surface area contributed by atoms with Gasteiger partial charge in [-0.15, -0.1) is 0 Å². The molecular formula is C35H27NO5. The maximum Gasteiger partial charge on any atom is 0.238 e. The van der Waals surface area contributed by atoms with E-state index in [4.69, 9.17) is 0 Å². The average Bonchev–Trinajstić information content (AvgIpc) is 3.25. The Bertz CT molecular complexity index is 1820. The van der Waals surface area contributed by atoms with Crippen LogP contribution in [0.3, 0.4) is 0 Å². The van der Waals surface area contributed by atoms with E-state index >= 15 is 0 Å². The minimum atomic E-state index is -0.642. The highest BCUT2D eigenvalue weighted by molar-refractivity contribution is 6.25. The van der Waals surface area contributed by atoms with Gasteiger partial charge in [-0.2, -0.15) is 0 Å². The summed E-state index contributed by atoms with van der Waals surface area (Å²) in [5.74, 6) is -2.96. The van der Waals surface area contributed by atoms with Crippen molar-refractivity contribution in [2.45, 2.75) is 25.7 Å². The van der Waals surface area contributed by atoms with E-state index in [2.05, 4.69) is 6.58 Å². The van der Waals surface area contributed by atoms with E-state index < -0.39 is 23.7 Å². The molecule has 2 amide bonds. The van der Waals surface area contributed by atoms with E-state index in [1.54, 1.807) is 31.2 Å². The number of carbonyl (C=O) groups is 4. The lowest BCUT2D eigenvalue weighted by molar-refractivity contribution is -0.123. The van der Waals surface area contributed by atoms with Crippen LogP contribution in [0.5, 0.6) is 5.75 Å². The molecule has 4 atom stereocenters. The molecular weight excluding hydrogens is 514 g/mol. The van der Waals surface area contributed by atoms with Gasteiger partial charge in [0.25, 0.3) is 0 Å². The first-order chi connectivity index (χ1) is 19.8. The number of nitrogens with zero attached hydrogens (tertiary/aromatic N) is 1. The Morgan fingerprint density at radius 2 is 1.63 bits per heavy atom. The Hall–Kier alpha value is -4.84. The summed E-state index contributed by atoms with van der Waals surface area (Å²) in [6.45, 7) is 5.42. The van der Waals surface area contributed by atoms with Crippen molar-refractivity contribution in [1.82, 2.24) is 0 Å². The van der Waals surface area contributed by atoms with Crippen LogP contribution < -0.4 is 4.90 Å². The molecule has 1 heterocycles. The number of phenolic OH excluding ortho intramolecular Hbond substituents is 1. The van der Waals surface area contributed by atoms with Crippen LogP contribution in [0.1, 0.15) is 36.8 Å². The molecule has 6 nitrogen and oxygen atoms in total. The van der Waals surface area contributed by atoms with Gasteiger partial charge in [0, 0.05) is 28.0 Å². The van der Waals surface area contributed by atoms with Crippen LogP contribution >= 0.6 is 0 Å². The summed E-state index contributed by atoms with van der Waals surface area (Å²) in [6.07, 6.45) is 5.70. The van der Waals surface area contributed by atoms with Gasteiger partial charge >= 0.3 is 0 Å². The smallest absolute Gasteiger partial charge is 0.238 e. The van der Waals surface area contributed by atoms with Crippen molar-refractivity contribution in [3.05, 3.63) is 113 Å². The SMILES string of the molecule is C=Cc1ccc(N2C(=O)[C@H]3[C@H](CC=C4[C@H](c5ccc(O)c6ccccc56)C5=C(C[C@H]43)C(=O)C=C(C)C5=O)C2=O)cc1. The van der Waals surface area contributed by atoms with Crippen molar-refractivity contribution in [2.24, 2.45) is 17.8 Å². The molecule has 0 radical (unpaired) electrons. The van der Waals surface area contributed by atoms with E-state index in [1.807, 2.05) is 48.5 Å². The van der Waals surface area contributed by atoms with Crippen LogP contribution in [-0.2, 0) is 19.2 Å². The molecule has 7 rings (SSSR count). The zero-order valence-corrected chi connectivity index (χ0v) is 22.5. The third-order valence-electron chi connectivity index (χ3n) is 9.20. The number of imide groups is 1. The first kappa shape index (κ1) is 25.1. The number of phenols is 1. The van der Waals surface area contributed by atoms with Gasteiger partial charge in [0.1, 0.15) is 5.75 Å². The number of Topliss-reactive ketones (excluding diaryl/α,β-unsaturated/α-hetero) is 1. The molecule has 0 unspecified atom stereocenters. The number of anilines is 1. The summed E-state index contributed by atoms with van der Waals surface area (Å²) in [7, 11) is 0. The van der Waals surface area contributed by atoms with Crippen molar-refractivity contribution < 1.29 is 24.3 Å². The second-order valence-electron chi connectivity index (χ2n) is 11.3. The fourth-order valence-corrected chi connectivity index (χ4v) is 7.29. The summed E-state index contributed by atoms with van der Waals surface area (Å²) in [5, 5.41) is 12.0. The molecule has 1 saturated heterocycles. The quantitative estimate of drug-likeness (QED) is 0.256. The molecule has 1 N–H and O–H groups in total. The standard InChI is InChI=1S/C35H27NO5/c1-3-19-8-10-20(11-9-19)36-34(40)25-13-12-24-26(31(25)35(36)41)17-27-29(38)16-18(2)33(39)32(27)30(24)23-14-15-28(37)22-7-5-4-6-21(22)23/h3-12,14-16,25-26,30-31,37H,1,13,17H2,2H3/t25-,26+,30-,31-/m0/s1. The maximum atomic E-state index is 14.1. The Kier molecular flexibility index (Phi) is 5.58. The van der Waals surface area contributed by atoms with Gasteiger partial charge in [-0.25, -0.2) is 0 Å². The lowest BCUT2D eigenvalue weighted by Crippen LogP contribution is -2.39. The summed E-state index contributed by atoms with van der Waals surface area (Å²) in [4.78, 5) is 56.1. The Balaban J connectivity index is 1.40. The molecule has 0 bridgehead atoms. The largest absolute Gasteiger partial charge is 0.507 e. The molecule has 1 fully saturated rings. The third-order valence-corrected chi connectivity index (χ3v) is 9.20. The third kappa shape index (κ3) is 3.56. The molecule has 4 aliphatic rings. The number of ketones is 2. The Morgan fingerprint density at radius 1 is 0.902 bits per heavy atom. The lowest BCUT2D eigenvalue weighted by Gasteiger charge is -2.42. The van der Waals surface area contributed by atoms with E-state index in [1.165, 1.54) is 11.0 Å². The number of hydrogen-bond donors (Lipinski definition) is 1. The zero-order chi connectivity index (χ0) is 28.6. The Labute approximate surface area is 237 Å². The van der Waals surface area contributed by atoms with Crippen molar-refractivity contribution in [3.63, 3.8) is 0 Å². The van der Waals surface area contributed by atoms with Gasteiger partial charge in [-0.05, 0) is 66.5 Å². The highest BCUT2D eigenvalue weighted by Crippen LogP contribution is 2.56. The molecule has 3 aromatic rings. The van der Waals surface area contributed by atoms with E-state index in [0.717, 1.165) is 22.1 Å². The summed E-state index contributed by atoms with van der Waals surface area (Å²) in [5.41, 5.74) is 4.33. The molecule has 41 heavy (non-hydrogen) atoms. The average molecular weight is 542 g/mol. The summed E-state index contributed by atoms with van der Waals surface area (Å²) < 4.78 is 0. The molecule has 0 saturated carbocycles. The minimum absolute atomic E-state index is 0.125. The molecule has 202 valence electrons.